The van der Waals surface area contributed by atoms with Crippen LogP contribution in [0.5, 0.6) is 0 Å². The van der Waals surface area contributed by atoms with Gasteiger partial charge in [-0.05, 0) is 136 Å². The molecule has 1 unspecified atom stereocenters. The maximum Gasteiger partial charge on any atom is 0.0702 e. The smallest absolute Gasteiger partial charge is 0.0702 e. The number of rotatable bonds is 8. The van der Waals surface area contributed by atoms with Gasteiger partial charge in [0.25, 0.3) is 0 Å². The summed E-state index contributed by atoms with van der Waals surface area (Å²) < 4.78 is 2.45. The van der Waals surface area contributed by atoms with Gasteiger partial charge in [0.2, 0.25) is 0 Å². The molecule has 1 aliphatic carbocycles. The Morgan fingerprint density at radius 1 is 0.365 bits per heavy atom. The number of para-hydroxylation sites is 1. The Bertz CT molecular complexity index is 3370. The van der Waals surface area contributed by atoms with E-state index in [4.69, 9.17) is 0 Å². The Morgan fingerprint density at radius 3 is 1.57 bits per heavy atom. The van der Waals surface area contributed by atoms with Gasteiger partial charge in [0.05, 0.1) is 22.4 Å². The molecule has 0 spiro atoms. The molecule has 8 aromatic carbocycles. The summed E-state index contributed by atoms with van der Waals surface area (Å²) in [6.07, 6.45) is 3.70. The normalized spacial score (nSPS) is 12.9. The maximum absolute atomic E-state index is 4.69. The number of pyridine rings is 2. The topological polar surface area (TPSA) is 34.0 Å². The van der Waals surface area contributed by atoms with E-state index in [2.05, 4.69) is 220 Å². The van der Waals surface area contributed by atoms with E-state index in [1.54, 1.807) is 0 Å². The van der Waals surface area contributed by atoms with Crippen molar-refractivity contribution in [2.75, 3.05) is 4.90 Å². The van der Waals surface area contributed by atoms with Crippen LogP contribution in [0.4, 0.5) is 17.1 Å². The second-order valence-electron chi connectivity index (χ2n) is 16.2. The van der Waals surface area contributed by atoms with Crippen molar-refractivity contribution < 1.29 is 0 Å². The highest BCUT2D eigenvalue weighted by molar-refractivity contribution is 6.12. The molecule has 0 saturated carbocycles. The van der Waals surface area contributed by atoms with E-state index >= 15 is 0 Å². The standard InChI is InChI=1S/C59H40N4/c1-3-16-40(17-4-1)59-50-27-8-7-26-49(50)51-38-53-52-37-42(30-31-57(52)63(58(53)39-54(51)59)45-21-5-2-6-22-45)41-18-13-23-46(34-41)62(47-24-14-19-43(35-47)55-28-9-11-32-60-55)48-25-15-20-44(36-48)56-29-10-12-33-61-56/h1-39,59H. The predicted molar refractivity (Wildman–Crippen MR) is 260 cm³/mol. The van der Waals surface area contributed by atoms with Gasteiger partial charge in [-0.1, -0.05) is 127 Å². The van der Waals surface area contributed by atoms with Gasteiger partial charge in [0, 0.05) is 63.0 Å². The Balaban J connectivity index is 1.03. The first-order valence-corrected chi connectivity index (χ1v) is 21.5. The maximum atomic E-state index is 4.69. The molecule has 0 bridgehead atoms. The predicted octanol–water partition coefficient (Wildman–Crippen LogP) is 15.2. The molecule has 4 nitrogen and oxygen atoms in total. The largest absolute Gasteiger partial charge is 0.310 e. The summed E-state index contributed by atoms with van der Waals surface area (Å²) in [6, 6.07) is 80.9. The summed E-state index contributed by atoms with van der Waals surface area (Å²) in [7, 11) is 0. The van der Waals surface area contributed by atoms with E-state index < -0.39 is 0 Å². The number of fused-ring (bicyclic) bond motifs is 6. The van der Waals surface area contributed by atoms with Crippen LogP contribution in [0.15, 0.2) is 237 Å². The van der Waals surface area contributed by atoms with Gasteiger partial charge in [-0.2, -0.15) is 0 Å². The molecule has 0 saturated heterocycles. The van der Waals surface area contributed by atoms with Crippen molar-refractivity contribution in [3.05, 3.63) is 254 Å². The van der Waals surface area contributed by atoms with E-state index in [1.807, 2.05) is 36.7 Å². The van der Waals surface area contributed by atoms with Crippen molar-refractivity contribution in [1.82, 2.24) is 14.5 Å². The number of aromatic nitrogens is 3. The third kappa shape index (κ3) is 6.39. The van der Waals surface area contributed by atoms with Gasteiger partial charge < -0.3 is 9.47 Å². The summed E-state index contributed by atoms with van der Waals surface area (Å²) in [5, 5.41) is 2.47. The summed E-state index contributed by atoms with van der Waals surface area (Å²) in [6.45, 7) is 0. The fourth-order valence-electron chi connectivity index (χ4n) is 9.70. The summed E-state index contributed by atoms with van der Waals surface area (Å²) in [4.78, 5) is 11.7. The van der Waals surface area contributed by atoms with Crippen LogP contribution in [0.2, 0.25) is 0 Å². The molecule has 0 N–H and O–H groups in total. The summed E-state index contributed by atoms with van der Waals surface area (Å²) in [5.41, 5.74) is 19.6. The Hall–Kier alpha value is -8.34. The quantitative estimate of drug-likeness (QED) is 0.153. The molecule has 4 heteroatoms. The Morgan fingerprint density at radius 2 is 0.921 bits per heavy atom. The zero-order chi connectivity index (χ0) is 41.7. The van der Waals surface area contributed by atoms with Gasteiger partial charge in [0.15, 0.2) is 0 Å². The van der Waals surface area contributed by atoms with E-state index in [0.717, 1.165) is 56.4 Å². The lowest BCUT2D eigenvalue weighted by Gasteiger charge is -2.27. The first-order chi connectivity index (χ1) is 31.2. The third-order valence-electron chi connectivity index (χ3n) is 12.5. The van der Waals surface area contributed by atoms with Crippen molar-refractivity contribution >= 4 is 38.9 Å². The summed E-state index contributed by atoms with van der Waals surface area (Å²) in [5.74, 6) is 0.166. The van der Waals surface area contributed by atoms with Gasteiger partial charge >= 0.3 is 0 Å². The van der Waals surface area contributed by atoms with E-state index in [-0.39, 0.29) is 5.92 Å². The monoisotopic (exact) mass is 804 g/mol. The SMILES string of the molecule is c1ccc(C2c3ccccc3-c3cc4c5cc(-c6cccc(N(c7cccc(-c8ccccn8)c7)c7cccc(-c8ccccn8)c7)c6)ccc5n(-c5ccccc5)c4cc32)cc1. The highest BCUT2D eigenvalue weighted by Crippen LogP contribution is 2.51. The number of anilines is 3. The first-order valence-electron chi connectivity index (χ1n) is 21.5. The van der Waals surface area contributed by atoms with Crippen LogP contribution in [0.1, 0.15) is 22.6 Å². The number of hydrogen-bond donors (Lipinski definition) is 0. The molecular weight excluding hydrogens is 765 g/mol. The molecule has 1 atom stereocenters. The lowest BCUT2D eigenvalue weighted by Crippen LogP contribution is -2.10. The van der Waals surface area contributed by atoms with Crippen LogP contribution in [0.25, 0.3) is 72.3 Å². The van der Waals surface area contributed by atoms with Crippen molar-refractivity contribution in [2.45, 2.75) is 5.92 Å². The number of benzene rings is 8. The highest BCUT2D eigenvalue weighted by atomic mass is 15.1. The van der Waals surface area contributed by atoms with Crippen molar-refractivity contribution in [2.24, 2.45) is 0 Å². The van der Waals surface area contributed by atoms with Crippen LogP contribution in [-0.4, -0.2) is 14.5 Å². The zero-order valence-electron chi connectivity index (χ0n) is 34.4. The molecule has 11 aromatic rings. The fourth-order valence-corrected chi connectivity index (χ4v) is 9.70. The van der Waals surface area contributed by atoms with E-state index in [0.29, 0.717) is 0 Å². The van der Waals surface area contributed by atoms with Gasteiger partial charge in [-0.25, -0.2) is 0 Å². The van der Waals surface area contributed by atoms with Crippen molar-refractivity contribution in [3.63, 3.8) is 0 Å². The summed E-state index contributed by atoms with van der Waals surface area (Å²) >= 11 is 0. The van der Waals surface area contributed by atoms with Gasteiger partial charge in [-0.15, -0.1) is 0 Å². The zero-order valence-corrected chi connectivity index (χ0v) is 34.4. The molecule has 296 valence electrons. The number of hydrogen-bond acceptors (Lipinski definition) is 3. The number of nitrogens with zero attached hydrogens (tertiary/aromatic N) is 4. The molecule has 3 aromatic heterocycles. The Kier molecular flexibility index (Phi) is 8.86. The molecule has 63 heavy (non-hydrogen) atoms. The van der Waals surface area contributed by atoms with Crippen molar-refractivity contribution in [1.29, 1.82) is 0 Å². The molecule has 3 heterocycles. The van der Waals surface area contributed by atoms with Crippen LogP contribution in [0, 0.1) is 0 Å². The van der Waals surface area contributed by atoms with Crippen molar-refractivity contribution in [3.8, 4) is 50.5 Å². The molecule has 0 aliphatic heterocycles. The van der Waals surface area contributed by atoms with E-state index in [9.17, 15) is 0 Å². The van der Waals surface area contributed by atoms with Gasteiger partial charge in [0.1, 0.15) is 0 Å². The van der Waals surface area contributed by atoms with Gasteiger partial charge in [-0.3, -0.25) is 9.97 Å². The first kappa shape index (κ1) is 36.5. The van der Waals surface area contributed by atoms with Crippen LogP contribution in [-0.2, 0) is 0 Å². The molecule has 0 fully saturated rings. The average Bonchev–Trinajstić information content (AvgIpc) is 3.86. The van der Waals surface area contributed by atoms with E-state index in [1.165, 1.54) is 49.6 Å². The second-order valence-corrected chi connectivity index (χ2v) is 16.2. The lowest BCUT2D eigenvalue weighted by molar-refractivity contribution is 1.01. The fraction of sp³-hybridized carbons (Fsp3) is 0.0169. The molecule has 0 amide bonds. The molecular formula is C59H40N4. The second kappa shape index (κ2) is 15.3. The minimum absolute atomic E-state index is 0.166. The van der Waals surface area contributed by atoms with Crippen LogP contribution < -0.4 is 4.90 Å². The molecule has 12 rings (SSSR count). The van der Waals surface area contributed by atoms with Crippen LogP contribution >= 0.6 is 0 Å². The minimum atomic E-state index is 0.166. The third-order valence-corrected chi connectivity index (χ3v) is 12.5. The average molecular weight is 805 g/mol. The Labute approximate surface area is 366 Å². The minimum Gasteiger partial charge on any atom is -0.310 e. The lowest BCUT2D eigenvalue weighted by atomic mass is 9.89. The molecule has 1 aliphatic rings. The molecule has 0 radical (unpaired) electrons. The highest BCUT2D eigenvalue weighted by Gasteiger charge is 2.31. The van der Waals surface area contributed by atoms with Crippen LogP contribution in [0.3, 0.4) is 0 Å².